The van der Waals surface area contributed by atoms with Gasteiger partial charge in [-0.05, 0) is 12.8 Å². The molecule has 1 atom stereocenters. The SMILES string of the molecule is COC(=O)NCCC(=O)N[C@@H](C)C(C)C. The van der Waals surface area contributed by atoms with E-state index in [1.54, 1.807) is 0 Å². The van der Waals surface area contributed by atoms with Gasteiger partial charge in [0.1, 0.15) is 0 Å². The highest BCUT2D eigenvalue weighted by atomic mass is 16.5. The molecule has 0 fully saturated rings. The van der Waals surface area contributed by atoms with Crippen LogP contribution in [0.3, 0.4) is 0 Å². The third-order valence-electron chi connectivity index (χ3n) is 2.20. The molecule has 0 aromatic carbocycles. The van der Waals surface area contributed by atoms with Gasteiger partial charge in [-0.2, -0.15) is 0 Å². The molecule has 0 heterocycles. The zero-order valence-corrected chi connectivity index (χ0v) is 9.79. The fourth-order valence-electron chi connectivity index (χ4n) is 0.843. The first-order valence-electron chi connectivity index (χ1n) is 5.08. The number of carbonyl (C=O) groups excluding carboxylic acids is 2. The van der Waals surface area contributed by atoms with E-state index in [0.717, 1.165) is 0 Å². The van der Waals surface area contributed by atoms with Crippen LogP contribution in [-0.2, 0) is 9.53 Å². The Labute approximate surface area is 90.6 Å². The number of methoxy groups -OCH3 is 1. The average molecular weight is 216 g/mol. The molecule has 0 saturated carbocycles. The quantitative estimate of drug-likeness (QED) is 0.717. The van der Waals surface area contributed by atoms with Crippen LogP contribution in [0.25, 0.3) is 0 Å². The summed E-state index contributed by atoms with van der Waals surface area (Å²) in [7, 11) is 1.29. The maximum atomic E-state index is 11.3. The summed E-state index contributed by atoms with van der Waals surface area (Å²) in [4.78, 5) is 22.0. The van der Waals surface area contributed by atoms with Gasteiger partial charge in [0.2, 0.25) is 5.91 Å². The Hall–Kier alpha value is -1.26. The van der Waals surface area contributed by atoms with Gasteiger partial charge < -0.3 is 15.4 Å². The van der Waals surface area contributed by atoms with Gasteiger partial charge in [-0.25, -0.2) is 4.79 Å². The molecule has 15 heavy (non-hydrogen) atoms. The van der Waals surface area contributed by atoms with Crippen molar-refractivity contribution in [2.45, 2.75) is 33.2 Å². The Morgan fingerprint density at radius 2 is 1.87 bits per heavy atom. The lowest BCUT2D eigenvalue weighted by atomic mass is 10.1. The molecule has 2 amide bonds. The second kappa shape index (κ2) is 7.09. The van der Waals surface area contributed by atoms with Crippen LogP contribution in [0.5, 0.6) is 0 Å². The van der Waals surface area contributed by atoms with E-state index in [-0.39, 0.29) is 18.4 Å². The fourth-order valence-corrected chi connectivity index (χ4v) is 0.843. The van der Waals surface area contributed by atoms with E-state index in [4.69, 9.17) is 0 Å². The molecule has 0 aliphatic heterocycles. The summed E-state index contributed by atoms with van der Waals surface area (Å²) in [5.74, 6) is 0.343. The van der Waals surface area contributed by atoms with E-state index >= 15 is 0 Å². The van der Waals surface area contributed by atoms with Crippen LogP contribution < -0.4 is 10.6 Å². The molecule has 0 aromatic heterocycles. The van der Waals surface area contributed by atoms with Crippen LogP contribution in [-0.4, -0.2) is 31.7 Å². The van der Waals surface area contributed by atoms with E-state index in [9.17, 15) is 9.59 Å². The van der Waals surface area contributed by atoms with E-state index in [2.05, 4.69) is 15.4 Å². The summed E-state index contributed by atoms with van der Waals surface area (Å²) in [6.45, 7) is 6.33. The molecule has 0 spiro atoms. The van der Waals surface area contributed by atoms with Gasteiger partial charge in [-0.15, -0.1) is 0 Å². The molecule has 5 heteroatoms. The van der Waals surface area contributed by atoms with Crippen molar-refractivity contribution in [3.05, 3.63) is 0 Å². The number of carbonyl (C=O) groups is 2. The number of hydrogen-bond donors (Lipinski definition) is 2. The fraction of sp³-hybridized carbons (Fsp3) is 0.800. The summed E-state index contributed by atoms with van der Waals surface area (Å²) in [6, 6.07) is 0.149. The molecule has 0 aromatic rings. The van der Waals surface area contributed by atoms with Gasteiger partial charge in [0, 0.05) is 19.0 Å². The number of alkyl carbamates (subject to hydrolysis) is 1. The van der Waals surface area contributed by atoms with Gasteiger partial charge in [-0.1, -0.05) is 13.8 Å². The van der Waals surface area contributed by atoms with Crippen LogP contribution in [0.15, 0.2) is 0 Å². The Kier molecular flexibility index (Phi) is 6.49. The van der Waals surface area contributed by atoms with Crippen molar-refractivity contribution in [1.82, 2.24) is 10.6 Å². The van der Waals surface area contributed by atoms with Crippen molar-refractivity contribution < 1.29 is 14.3 Å². The molecule has 0 radical (unpaired) electrons. The van der Waals surface area contributed by atoms with Crippen LogP contribution in [0.4, 0.5) is 4.79 Å². The van der Waals surface area contributed by atoms with Crippen LogP contribution in [0.1, 0.15) is 27.2 Å². The maximum absolute atomic E-state index is 11.3. The lowest BCUT2D eigenvalue weighted by Crippen LogP contribution is -2.38. The first-order valence-corrected chi connectivity index (χ1v) is 5.08. The third-order valence-corrected chi connectivity index (χ3v) is 2.20. The highest BCUT2D eigenvalue weighted by Crippen LogP contribution is 1.99. The molecular weight excluding hydrogens is 196 g/mol. The lowest BCUT2D eigenvalue weighted by molar-refractivity contribution is -0.121. The second-order valence-electron chi connectivity index (χ2n) is 3.77. The molecule has 88 valence electrons. The Balaban J connectivity index is 3.62. The predicted molar refractivity (Wildman–Crippen MR) is 57.5 cm³/mol. The Morgan fingerprint density at radius 1 is 1.27 bits per heavy atom. The van der Waals surface area contributed by atoms with Gasteiger partial charge in [0.05, 0.1) is 7.11 Å². The second-order valence-corrected chi connectivity index (χ2v) is 3.77. The zero-order valence-electron chi connectivity index (χ0n) is 9.79. The van der Waals surface area contributed by atoms with Crippen molar-refractivity contribution in [2.75, 3.05) is 13.7 Å². The van der Waals surface area contributed by atoms with Crippen LogP contribution in [0.2, 0.25) is 0 Å². The lowest BCUT2D eigenvalue weighted by Gasteiger charge is -2.17. The largest absolute Gasteiger partial charge is 0.453 e. The standard InChI is InChI=1S/C10H20N2O3/c1-7(2)8(3)12-9(13)5-6-11-10(14)15-4/h7-8H,5-6H2,1-4H3,(H,11,14)(H,12,13)/t8-/m0/s1. The first kappa shape index (κ1) is 13.7. The summed E-state index contributed by atoms with van der Waals surface area (Å²) < 4.78 is 4.37. The summed E-state index contributed by atoms with van der Waals surface area (Å²) in [5, 5.41) is 5.28. The Morgan fingerprint density at radius 3 is 2.33 bits per heavy atom. The number of rotatable bonds is 5. The third kappa shape index (κ3) is 6.76. The Bertz CT molecular complexity index is 217. The predicted octanol–water partition coefficient (Wildman–Crippen LogP) is 0.893. The minimum absolute atomic E-state index is 0.0624. The first-order chi connectivity index (χ1) is 6.97. The van der Waals surface area contributed by atoms with E-state index in [1.807, 2.05) is 20.8 Å². The monoisotopic (exact) mass is 216 g/mol. The van der Waals surface area contributed by atoms with E-state index in [1.165, 1.54) is 7.11 Å². The smallest absolute Gasteiger partial charge is 0.406 e. The molecule has 0 saturated heterocycles. The van der Waals surface area contributed by atoms with Gasteiger partial charge in [0.25, 0.3) is 0 Å². The van der Waals surface area contributed by atoms with Gasteiger partial charge in [0.15, 0.2) is 0 Å². The number of hydrogen-bond acceptors (Lipinski definition) is 3. The van der Waals surface area contributed by atoms with Gasteiger partial charge in [-0.3, -0.25) is 4.79 Å². The molecule has 0 aliphatic carbocycles. The summed E-state index contributed by atoms with van der Waals surface area (Å²) in [6.07, 6.45) is -0.244. The van der Waals surface area contributed by atoms with Crippen molar-refractivity contribution >= 4 is 12.0 Å². The number of amides is 2. The highest BCUT2D eigenvalue weighted by molar-refractivity contribution is 5.77. The minimum atomic E-state index is -0.514. The topological polar surface area (TPSA) is 67.4 Å². The normalized spacial score (nSPS) is 12.1. The van der Waals surface area contributed by atoms with Crippen molar-refractivity contribution in [3.8, 4) is 0 Å². The van der Waals surface area contributed by atoms with E-state index < -0.39 is 6.09 Å². The zero-order chi connectivity index (χ0) is 11.8. The van der Waals surface area contributed by atoms with Crippen molar-refractivity contribution in [3.63, 3.8) is 0 Å². The molecule has 0 unspecified atom stereocenters. The summed E-state index contributed by atoms with van der Waals surface area (Å²) in [5.41, 5.74) is 0. The van der Waals surface area contributed by atoms with Crippen LogP contribution in [0, 0.1) is 5.92 Å². The van der Waals surface area contributed by atoms with Crippen LogP contribution >= 0.6 is 0 Å². The van der Waals surface area contributed by atoms with Crippen molar-refractivity contribution in [2.24, 2.45) is 5.92 Å². The minimum Gasteiger partial charge on any atom is -0.453 e. The van der Waals surface area contributed by atoms with Crippen molar-refractivity contribution in [1.29, 1.82) is 0 Å². The molecule has 0 aliphatic rings. The number of nitrogens with one attached hydrogen (secondary N) is 2. The van der Waals surface area contributed by atoms with Gasteiger partial charge >= 0.3 is 6.09 Å². The maximum Gasteiger partial charge on any atom is 0.406 e. The highest BCUT2D eigenvalue weighted by Gasteiger charge is 2.10. The molecule has 0 bridgehead atoms. The van der Waals surface area contributed by atoms with E-state index in [0.29, 0.717) is 12.5 Å². The molecular formula is C10H20N2O3. The molecule has 0 rings (SSSR count). The molecule has 2 N–H and O–H groups in total. The summed E-state index contributed by atoms with van der Waals surface area (Å²) >= 11 is 0. The number of ether oxygens (including phenoxy) is 1. The molecule has 5 nitrogen and oxygen atoms in total. The average Bonchev–Trinajstić information content (AvgIpc) is 2.17.